The molecule has 0 radical (unpaired) electrons. The lowest BCUT2D eigenvalue weighted by molar-refractivity contribution is -0.125. The van der Waals surface area contributed by atoms with E-state index in [1.807, 2.05) is 0 Å². The Labute approximate surface area is 261 Å². The number of carbonyl (C=O) groups is 2. The number of nitrogens with one attached hydrogen (secondary N) is 2. The van der Waals surface area contributed by atoms with Gasteiger partial charge >= 0.3 is 12.3 Å². The fraction of sp³-hybridized carbons (Fsp3) is 0.394. The smallest absolute Gasteiger partial charge is 0.407 e. The number of carbonyl (C=O) groups excluding carboxylic acids is 2. The number of amides is 1. The van der Waals surface area contributed by atoms with Crippen LogP contribution in [0.1, 0.15) is 41.0 Å². The minimum atomic E-state index is -4.61. The van der Waals surface area contributed by atoms with E-state index in [9.17, 15) is 36.6 Å². The third-order valence-corrected chi connectivity index (χ3v) is 7.73. The Morgan fingerprint density at radius 1 is 0.978 bits per heavy atom. The number of ether oxygens (including phenoxy) is 2. The number of benzene rings is 3. The van der Waals surface area contributed by atoms with Gasteiger partial charge in [-0.05, 0) is 65.4 Å². The number of Topliss-reactive ketones (excluding diaryl/α,β-unsaturated/α-hetero) is 1. The number of alkyl halides is 3. The Bertz CT molecular complexity index is 1410. The Kier molecular flexibility index (Phi) is 12.2. The van der Waals surface area contributed by atoms with E-state index in [-0.39, 0.29) is 44.6 Å². The van der Waals surface area contributed by atoms with Gasteiger partial charge in [-0.25, -0.2) is 18.0 Å². The maximum Gasteiger partial charge on any atom is 0.407 e. The highest BCUT2D eigenvalue weighted by molar-refractivity contribution is 5.82. The van der Waals surface area contributed by atoms with Gasteiger partial charge in [-0.15, -0.1) is 0 Å². The van der Waals surface area contributed by atoms with Crippen LogP contribution in [-0.2, 0) is 27.1 Å². The fourth-order valence-corrected chi connectivity index (χ4v) is 5.38. The molecule has 0 aliphatic carbocycles. The van der Waals surface area contributed by atoms with Crippen molar-refractivity contribution in [3.63, 3.8) is 0 Å². The van der Waals surface area contributed by atoms with Crippen LogP contribution in [-0.4, -0.2) is 67.7 Å². The van der Waals surface area contributed by atoms with Gasteiger partial charge in [0.25, 0.3) is 0 Å². The molecule has 0 bridgehead atoms. The molecule has 7 nitrogen and oxygen atoms in total. The van der Waals surface area contributed by atoms with Crippen molar-refractivity contribution < 1.29 is 50.5 Å². The van der Waals surface area contributed by atoms with Crippen molar-refractivity contribution in [3.8, 4) is 0 Å². The molecule has 0 spiro atoms. The number of alkyl carbamates (subject to hydrolysis) is 1. The van der Waals surface area contributed by atoms with E-state index in [0.29, 0.717) is 22.3 Å². The molecule has 0 saturated carbocycles. The maximum absolute atomic E-state index is 15.1. The number of hydrogen-bond acceptors (Lipinski definition) is 6. The lowest BCUT2D eigenvalue weighted by Crippen LogP contribution is -2.56. The van der Waals surface area contributed by atoms with E-state index >= 15 is 4.39 Å². The molecule has 4 rings (SSSR count). The maximum atomic E-state index is 15.1. The summed E-state index contributed by atoms with van der Waals surface area (Å²) in [6.45, 7) is -2.11. The minimum absolute atomic E-state index is 0.00362. The molecule has 1 saturated heterocycles. The van der Waals surface area contributed by atoms with Crippen LogP contribution >= 0.6 is 0 Å². The largest absolute Gasteiger partial charge is 0.447 e. The summed E-state index contributed by atoms with van der Waals surface area (Å²) < 4.78 is 90.1. The van der Waals surface area contributed by atoms with Crippen LogP contribution in [0.3, 0.4) is 0 Å². The SMILES string of the molecule is O=C(Cc1cccc(F)c1CC[C@@H]1CN[C@H](CO)[C@@H](COC(=O)NCC(F)(F)F)O1)CC(c1ccc(F)cc1)c1ccc(F)cc1. The number of morpholine rings is 1. The van der Waals surface area contributed by atoms with Gasteiger partial charge in [0.15, 0.2) is 0 Å². The first-order valence-electron chi connectivity index (χ1n) is 14.7. The Morgan fingerprint density at radius 2 is 1.61 bits per heavy atom. The standard InChI is InChI=1S/C33H34F6N2O5/c34-23-8-4-20(5-9-23)28(21-6-10-24(35)11-7-21)15-25(43)14-22-2-1-3-29(36)27(22)13-12-26-16-40-30(17-42)31(46-26)18-45-32(44)41-19-33(37,38)39/h1-11,26,28,30-31,40,42H,12-19H2,(H,41,44)/t26-,30-,31-/m1/s1. The van der Waals surface area contributed by atoms with Gasteiger partial charge in [-0.2, -0.15) is 13.2 Å². The minimum Gasteiger partial charge on any atom is -0.447 e. The van der Waals surface area contributed by atoms with Crippen LogP contribution in [0.2, 0.25) is 0 Å². The van der Waals surface area contributed by atoms with Crippen LogP contribution in [0.5, 0.6) is 0 Å². The van der Waals surface area contributed by atoms with Gasteiger partial charge in [-0.3, -0.25) is 4.79 Å². The number of rotatable bonds is 13. The molecule has 3 N–H and O–H groups in total. The van der Waals surface area contributed by atoms with Crippen molar-refractivity contribution in [2.75, 3.05) is 26.3 Å². The molecule has 1 heterocycles. The van der Waals surface area contributed by atoms with Gasteiger partial charge in [0, 0.05) is 25.3 Å². The number of hydrogen-bond donors (Lipinski definition) is 3. The summed E-state index contributed by atoms with van der Waals surface area (Å²) in [7, 11) is 0. The summed E-state index contributed by atoms with van der Waals surface area (Å²) in [5.74, 6) is -2.09. The molecule has 0 unspecified atom stereocenters. The normalized spacial score (nSPS) is 18.4. The van der Waals surface area contributed by atoms with E-state index in [2.05, 4.69) is 5.32 Å². The molecule has 46 heavy (non-hydrogen) atoms. The quantitative estimate of drug-likeness (QED) is 0.215. The summed E-state index contributed by atoms with van der Waals surface area (Å²) in [5, 5.41) is 14.3. The molecule has 3 atom stereocenters. The zero-order chi connectivity index (χ0) is 33.3. The van der Waals surface area contributed by atoms with Gasteiger partial charge in [-0.1, -0.05) is 36.4 Å². The predicted octanol–water partition coefficient (Wildman–Crippen LogP) is 5.38. The average molecular weight is 653 g/mol. The predicted molar refractivity (Wildman–Crippen MR) is 156 cm³/mol. The van der Waals surface area contributed by atoms with Crippen LogP contribution in [0.15, 0.2) is 66.7 Å². The highest BCUT2D eigenvalue weighted by Gasteiger charge is 2.33. The Morgan fingerprint density at radius 3 is 2.20 bits per heavy atom. The number of ketones is 1. The Hall–Kier alpha value is -3.94. The van der Waals surface area contributed by atoms with E-state index in [4.69, 9.17) is 9.47 Å². The van der Waals surface area contributed by atoms with Crippen molar-refractivity contribution in [2.45, 2.75) is 56.0 Å². The molecule has 1 amide bonds. The molecule has 13 heteroatoms. The number of aliphatic hydroxyl groups is 1. The molecule has 1 fully saturated rings. The third kappa shape index (κ3) is 10.3. The highest BCUT2D eigenvalue weighted by Crippen LogP contribution is 2.30. The summed E-state index contributed by atoms with van der Waals surface area (Å²) in [5.41, 5.74) is 2.11. The van der Waals surface area contributed by atoms with Crippen molar-refractivity contribution in [3.05, 3.63) is 106 Å². The molecular formula is C33H34F6N2O5. The van der Waals surface area contributed by atoms with Gasteiger partial charge in [0.2, 0.25) is 0 Å². The van der Waals surface area contributed by atoms with Gasteiger partial charge in [0.1, 0.15) is 42.5 Å². The summed E-state index contributed by atoms with van der Waals surface area (Å²) in [6.07, 6.45) is -6.95. The average Bonchev–Trinajstić information content (AvgIpc) is 3.02. The topological polar surface area (TPSA) is 96.9 Å². The summed E-state index contributed by atoms with van der Waals surface area (Å²) >= 11 is 0. The van der Waals surface area contributed by atoms with Crippen molar-refractivity contribution in [2.24, 2.45) is 0 Å². The molecule has 1 aliphatic heterocycles. The molecular weight excluding hydrogens is 618 g/mol. The first kappa shape index (κ1) is 34.9. The van der Waals surface area contributed by atoms with E-state index in [1.165, 1.54) is 36.4 Å². The number of halogens is 6. The second kappa shape index (κ2) is 16.1. The zero-order valence-electron chi connectivity index (χ0n) is 24.7. The Balaban J connectivity index is 1.39. The molecule has 3 aromatic carbocycles. The summed E-state index contributed by atoms with van der Waals surface area (Å²) in [4.78, 5) is 25.0. The summed E-state index contributed by atoms with van der Waals surface area (Å²) in [6, 6.07) is 15.2. The van der Waals surface area contributed by atoms with Gasteiger partial charge < -0.3 is 25.2 Å². The first-order valence-corrected chi connectivity index (χ1v) is 14.7. The molecule has 248 valence electrons. The highest BCUT2D eigenvalue weighted by atomic mass is 19.4. The van der Waals surface area contributed by atoms with E-state index in [0.717, 1.165) is 0 Å². The lowest BCUT2D eigenvalue weighted by atomic mass is 9.85. The van der Waals surface area contributed by atoms with E-state index < -0.39 is 67.0 Å². The fourth-order valence-electron chi connectivity index (χ4n) is 5.38. The lowest BCUT2D eigenvalue weighted by Gasteiger charge is -2.36. The van der Waals surface area contributed by atoms with Crippen LogP contribution in [0.25, 0.3) is 0 Å². The molecule has 3 aromatic rings. The van der Waals surface area contributed by atoms with Crippen molar-refractivity contribution in [1.82, 2.24) is 10.6 Å². The van der Waals surface area contributed by atoms with Crippen LogP contribution < -0.4 is 10.6 Å². The molecule has 0 aromatic heterocycles. The number of aliphatic hydroxyl groups excluding tert-OH is 1. The van der Waals surface area contributed by atoms with E-state index in [1.54, 1.807) is 35.6 Å². The first-order chi connectivity index (χ1) is 21.9. The van der Waals surface area contributed by atoms with Crippen LogP contribution in [0, 0.1) is 17.5 Å². The zero-order valence-corrected chi connectivity index (χ0v) is 24.7. The third-order valence-electron chi connectivity index (χ3n) is 7.73. The van der Waals surface area contributed by atoms with Crippen molar-refractivity contribution >= 4 is 11.9 Å². The van der Waals surface area contributed by atoms with Gasteiger partial charge in [0.05, 0.1) is 18.8 Å². The van der Waals surface area contributed by atoms with Crippen molar-refractivity contribution in [1.29, 1.82) is 0 Å². The van der Waals surface area contributed by atoms with Crippen LogP contribution in [0.4, 0.5) is 31.1 Å². The molecule has 1 aliphatic rings. The second-order valence-corrected chi connectivity index (χ2v) is 11.1. The monoisotopic (exact) mass is 652 g/mol. The second-order valence-electron chi connectivity index (χ2n) is 11.1.